The van der Waals surface area contributed by atoms with E-state index in [9.17, 15) is 28.8 Å². The molecule has 3 rings (SSSR count). The Hall–Kier alpha value is -5.19. The van der Waals surface area contributed by atoms with Gasteiger partial charge in [-0.15, -0.1) is 0 Å². The Bertz CT molecular complexity index is 1790. The number of carbonyl (C=O) groups is 6. The summed E-state index contributed by atoms with van der Waals surface area (Å²) in [5.74, 6) is -1.98. The van der Waals surface area contributed by atoms with Crippen LogP contribution >= 0.6 is 31.9 Å². The average Bonchev–Trinajstić information content (AvgIpc) is 3.74. The number of imidazole rings is 3. The quantitative estimate of drug-likeness (QED) is 0.161. The first-order chi connectivity index (χ1) is 25.8. The molecular formula is C33H49Br2N9O12. The van der Waals surface area contributed by atoms with Crippen LogP contribution in [0.2, 0.25) is 0 Å². The van der Waals surface area contributed by atoms with Gasteiger partial charge in [0.2, 0.25) is 17.5 Å². The highest BCUT2D eigenvalue weighted by Crippen LogP contribution is 2.14. The largest absolute Gasteiger partial charge is 0.460 e. The van der Waals surface area contributed by atoms with E-state index in [1.807, 2.05) is 0 Å². The Labute approximate surface area is 340 Å². The summed E-state index contributed by atoms with van der Waals surface area (Å²) in [6.07, 6.45) is 3.55. The summed E-state index contributed by atoms with van der Waals surface area (Å²) in [4.78, 5) is 81.1. The Kier molecular flexibility index (Phi) is 19.0. The summed E-state index contributed by atoms with van der Waals surface area (Å²) in [5.41, 5.74) is 5.28. The van der Waals surface area contributed by atoms with Crippen LogP contribution in [0, 0.1) is 0 Å². The second-order valence-corrected chi connectivity index (χ2v) is 15.2. The Morgan fingerprint density at radius 2 is 1.02 bits per heavy atom. The monoisotopic (exact) mass is 921 g/mol. The third kappa shape index (κ3) is 18.4. The van der Waals surface area contributed by atoms with Crippen LogP contribution in [0.15, 0.2) is 34.0 Å². The number of ether oxygens (including phenoxy) is 6. The molecule has 0 fully saturated rings. The van der Waals surface area contributed by atoms with Gasteiger partial charge in [0.25, 0.3) is 0 Å². The molecule has 3 aromatic heterocycles. The number of aromatic nitrogens is 6. The van der Waals surface area contributed by atoms with Crippen molar-refractivity contribution < 1.29 is 57.2 Å². The third-order valence-corrected chi connectivity index (χ3v) is 6.17. The molecule has 0 aliphatic carbocycles. The molecule has 3 N–H and O–H groups in total. The number of nitrogens with one attached hydrogen (secondary N) is 3. The van der Waals surface area contributed by atoms with E-state index in [0.29, 0.717) is 9.21 Å². The summed E-state index contributed by atoms with van der Waals surface area (Å²) >= 11 is 6.29. The molecule has 0 bridgehead atoms. The normalized spacial score (nSPS) is 11.0. The Morgan fingerprint density at radius 3 is 1.46 bits per heavy atom. The molecule has 0 atom stereocenters. The molecule has 0 radical (unpaired) electrons. The van der Waals surface area contributed by atoms with Gasteiger partial charge in [-0.1, -0.05) is 0 Å². The predicted octanol–water partition coefficient (Wildman–Crippen LogP) is 6.14. The minimum absolute atomic E-state index is 0.0114. The number of carbonyl (C=O) groups excluding carboxylic acids is 6. The van der Waals surface area contributed by atoms with Crippen molar-refractivity contribution in [2.75, 3.05) is 36.1 Å². The summed E-state index contributed by atoms with van der Waals surface area (Å²) < 4.78 is 33.9. The molecule has 23 heteroatoms. The van der Waals surface area contributed by atoms with E-state index >= 15 is 0 Å². The fraction of sp³-hybridized carbons (Fsp3) is 0.545. The molecule has 3 amide bonds. The Morgan fingerprint density at radius 1 is 0.607 bits per heavy atom. The van der Waals surface area contributed by atoms with Crippen molar-refractivity contribution in [2.24, 2.45) is 0 Å². The lowest BCUT2D eigenvalue weighted by Gasteiger charge is -2.20. The van der Waals surface area contributed by atoms with Crippen LogP contribution in [-0.4, -0.2) is 102 Å². The lowest BCUT2D eigenvalue weighted by Crippen LogP contribution is -2.33. The first-order valence-electron chi connectivity index (χ1n) is 16.8. The van der Waals surface area contributed by atoms with Gasteiger partial charge in [-0.3, -0.25) is 0 Å². The van der Waals surface area contributed by atoms with Gasteiger partial charge in [0.1, 0.15) is 26.0 Å². The van der Waals surface area contributed by atoms with E-state index < -0.39 is 53.0 Å². The van der Waals surface area contributed by atoms with E-state index in [0.717, 1.165) is 14.0 Å². The van der Waals surface area contributed by atoms with Crippen molar-refractivity contribution in [1.82, 2.24) is 29.0 Å². The molecule has 0 spiro atoms. The van der Waals surface area contributed by atoms with Gasteiger partial charge in [-0.25, -0.2) is 74.0 Å². The highest BCUT2D eigenvalue weighted by Gasteiger charge is 2.24. The number of hydrogen-bond donors (Lipinski definition) is 3. The van der Waals surface area contributed by atoms with E-state index in [1.54, 1.807) is 83.1 Å². The van der Waals surface area contributed by atoms with Gasteiger partial charge in [0.15, 0.2) is 0 Å². The average molecular weight is 924 g/mol. The van der Waals surface area contributed by atoms with E-state index in [1.165, 1.54) is 24.8 Å². The molecule has 0 aliphatic rings. The molecule has 21 nitrogen and oxygen atoms in total. The minimum atomic E-state index is -0.697. The topological polar surface area (TPSA) is 247 Å². The van der Waals surface area contributed by atoms with Gasteiger partial charge >= 0.3 is 36.2 Å². The third-order valence-electron chi connectivity index (χ3n) is 5.23. The second-order valence-electron chi connectivity index (χ2n) is 13.6. The number of rotatable bonds is 9. The summed E-state index contributed by atoms with van der Waals surface area (Å²) in [5, 5.41) is 0. The number of halogens is 2. The molecule has 0 aromatic carbocycles. The standard InChI is InChI=1S/2C11H16BrN3O4.C11H17N3O4/c1-5-18-9(16)8-13-7(12)6-15(8)14-10(17)19-11(2,3)4;1-5-18-9(16)8-13-6-7(12)15(8)14-10(17)19-11(2,3)4;1-5-17-9(15)8-12-6-7-14(8)13-10(16)18-11(2,3)4/h2*6H,5H2,1-4H3,(H,14,17);6-7H,5H2,1-4H3,(H,13,16). The number of amides is 3. The lowest BCUT2D eigenvalue weighted by molar-refractivity contribution is 0.0491. The second kappa shape index (κ2) is 21.8. The molecule has 56 heavy (non-hydrogen) atoms. The smallest absolute Gasteiger partial charge is 0.427 e. The van der Waals surface area contributed by atoms with E-state index in [-0.39, 0.29) is 37.3 Å². The van der Waals surface area contributed by atoms with Crippen molar-refractivity contribution in [3.63, 3.8) is 0 Å². The van der Waals surface area contributed by atoms with Crippen molar-refractivity contribution in [2.45, 2.75) is 99.9 Å². The zero-order chi connectivity index (χ0) is 43.0. The zero-order valence-corrected chi connectivity index (χ0v) is 36.4. The first-order valence-corrected chi connectivity index (χ1v) is 18.4. The first kappa shape index (κ1) is 48.8. The maximum atomic E-state index is 11.7. The van der Waals surface area contributed by atoms with Crippen molar-refractivity contribution >= 4 is 68.0 Å². The summed E-state index contributed by atoms with van der Waals surface area (Å²) in [7, 11) is 0. The Balaban J connectivity index is 0.000000420. The zero-order valence-electron chi connectivity index (χ0n) is 33.3. The highest BCUT2D eigenvalue weighted by molar-refractivity contribution is 9.10. The maximum Gasteiger partial charge on any atom is 0.427 e. The van der Waals surface area contributed by atoms with Gasteiger partial charge in [-0.05, 0) is 115 Å². The van der Waals surface area contributed by atoms with Crippen LogP contribution in [0.5, 0.6) is 0 Å². The van der Waals surface area contributed by atoms with Crippen molar-refractivity contribution in [3.05, 3.63) is 51.5 Å². The van der Waals surface area contributed by atoms with Crippen molar-refractivity contribution in [3.8, 4) is 0 Å². The number of esters is 3. The fourth-order valence-electron chi connectivity index (χ4n) is 3.48. The van der Waals surface area contributed by atoms with Crippen LogP contribution in [0.3, 0.4) is 0 Å². The molecule has 0 unspecified atom stereocenters. The van der Waals surface area contributed by atoms with Gasteiger partial charge < -0.3 is 28.4 Å². The SMILES string of the molecule is CCOC(=O)c1nc(Br)cn1NC(=O)OC(C)(C)C.CCOC(=O)c1ncc(Br)n1NC(=O)OC(C)(C)C.CCOC(=O)c1nccn1NC(=O)OC(C)(C)C. The van der Waals surface area contributed by atoms with Crippen LogP contribution in [0.25, 0.3) is 0 Å². The van der Waals surface area contributed by atoms with Crippen LogP contribution in [-0.2, 0) is 28.4 Å². The molecule has 3 heterocycles. The van der Waals surface area contributed by atoms with Gasteiger partial charge in [0.05, 0.1) is 32.2 Å². The number of hydrogen-bond acceptors (Lipinski definition) is 15. The maximum absolute atomic E-state index is 11.7. The molecule has 312 valence electrons. The van der Waals surface area contributed by atoms with E-state index in [4.69, 9.17) is 28.4 Å². The molecule has 0 aliphatic heterocycles. The van der Waals surface area contributed by atoms with Crippen molar-refractivity contribution in [1.29, 1.82) is 0 Å². The molecule has 0 saturated carbocycles. The lowest BCUT2D eigenvalue weighted by atomic mass is 10.2. The van der Waals surface area contributed by atoms with Gasteiger partial charge in [-0.2, -0.15) is 0 Å². The number of nitrogens with zero attached hydrogens (tertiary/aromatic N) is 6. The van der Waals surface area contributed by atoms with Crippen LogP contribution < -0.4 is 16.3 Å². The molecule has 0 saturated heterocycles. The van der Waals surface area contributed by atoms with Gasteiger partial charge in [0, 0.05) is 12.4 Å². The predicted molar refractivity (Wildman–Crippen MR) is 207 cm³/mol. The van der Waals surface area contributed by atoms with Crippen LogP contribution in [0.4, 0.5) is 14.4 Å². The molecule has 3 aromatic rings. The van der Waals surface area contributed by atoms with Crippen LogP contribution in [0.1, 0.15) is 115 Å². The highest BCUT2D eigenvalue weighted by atomic mass is 79.9. The summed E-state index contributed by atoms with van der Waals surface area (Å²) in [6.45, 7) is 21.4. The summed E-state index contributed by atoms with van der Waals surface area (Å²) in [6, 6.07) is 0. The minimum Gasteiger partial charge on any atom is -0.460 e. The fourth-order valence-corrected chi connectivity index (χ4v) is 4.22. The van der Waals surface area contributed by atoms with E-state index in [2.05, 4.69) is 63.1 Å². The molecular weight excluding hydrogens is 874 g/mol.